The molecule has 3 fully saturated rings. The largest absolute Gasteiger partial charge is 0.381 e. The van der Waals surface area contributed by atoms with Gasteiger partial charge in [0.2, 0.25) is 0 Å². The molecule has 3 aliphatic rings. The number of amides is 1. The zero-order valence-electron chi connectivity index (χ0n) is 20.5. The van der Waals surface area contributed by atoms with Crippen LogP contribution in [0.25, 0.3) is 0 Å². The molecule has 2 N–H and O–H groups in total. The number of rotatable bonds is 8. The van der Waals surface area contributed by atoms with Crippen LogP contribution in [0.15, 0.2) is 35.3 Å². The predicted molar refractivity (Wildman–Crippen MR) is 128 cm³/mol. The van der Waals surface area contributed by atoms with Gasteiger partial charge in [-0.05, 0) is 45.6 Å². The van der Waals surface area contributed by atoms with Crippen molar-refractivity contribution >= 4 is 11.6 Å². The Bertz CT molecular complexity index is 1260. The molecule has 1 aromatic carbocycles. The number of piperidine rings is 1. The first kappa shape index (κ1) is 25.7. The summed E-state index contributed by atoms with van der Waals surface area (Å²) in [6.07, 6.45) is -2.64. The fourth-order valence-corrected chi connectivity index (χ4v) is 5.85. The number of hydrogen-bond donors (Lipinski definition) is 2. The van der Waals surface area contributed by atoms with E-state index in [2.05, 4.69) is 15.5 Å². The number of nitrogens with zero attached hydrogens (tertiary/aromatic N) is 2. The monoisotopic (exact) mass is 524 g/mol. The quantitative estimate of drug-likeness (QED) is 0.493. The normalized spacial score (nSPS) is 25.1. The Morgan fingerprint density at radius 2 is 1.84 bits per heavy atom. The van der Waals surface area contributed by atoms with E-state index in [0.29, 0.717) is 12.0 Å². The van der Waals surface area contributed by atoms with Crippen molar-refractivity contribution in [2.75, 3.05) is 18.9 Å². The van der Waals surface area contributed by atoms with Crippen LogP contribution in [0, 0.1) is 11.7 Å². The number of anilines is 1. The molecule has 1 aliphatic heterocycles. The number of fused-ring (bicyclic) bond motifs is 2. The molecule has 1 aromatic heterocycles. The topological polar surface area (TPSA) is 66.4 Å². The second-order valence-corrected chi connectivity index (χ2v) is 10.5. The zero-order valence-corrected chi connectivity index (χ0v) is 20.5. The number of halogens is 5. The minimum absolute atomic E-state index is 0.00516. The van der Waals surface area contributed by atoms with E-state index >= 15 is 0 Å². The lowest BCUT2D eigenvalue weighted by molar-refractivity contribution is 0.0648. The molecule has 37 heavy (non-hydrogen) atoms. The number of aromatic nitrogens is 1. The van der Waals surface area contributed by atoms with E-state index in [9.17, 15) is 31.5 Å². The van der Waals surface area contributed by atoms with Crippen LogP contribution < -0.4 is 16.2 Å². The third kappa shape index (κ3) is 4.51. The third-order valence-corrected chi connectivity index (χ3v) is 8.21. The molecule has 0 radical (unpaired) electrons. The van der Waals surface area contributed by atoms with Gasteiger partial charge in [0.05, 0.1) is 22.9 Å². The minimum Gasteiger partial charge on any atom is -0.381 e. The molecule has 2 bridgehead atoms. The van der Waals surface area contributed by atoms with Crippen molar-refractivity contribution < 1.29 is 26.7 Å². The van der Waals surface area contributed by atoms with Gasteiger partial charge in [0.15, 0.2) is 0 Å². The van der Waals surface area contributed by atoms with Crippen molar-refractivity contribution in [3.05, 3.63) is 63.3 Å². The van der Waals surface area contributed by atoms with Crippen LogP contribution in [-0.2, 0) is 5.54 Å². The molecular weight excluding hydrogens is 495 g/mol. The zero-order chi connectivity index (χ0) is 26.6. The fraction of sp³-hybridized carbons (Fsp3) is 0.538. The molecule has 1 amide bonds. The average molecular weight is 525 g/mol. The summed E-state index contributed by atoms with van der Waals surface area (Å²) in [5.74, 6) is -1.53. The van der Waals surface area contributed by atoms with E-state index in [4.69, 9.17) is 0 Å². The highest BCUT2D eigenvalue weighted by atomic mass is 19.3. The summed E-state index contributed by atoms with van der Waals surface area (Å²) in [6, 6.07) is 4.12. The first-order valence-corrected chi connectivity index (χ1v) is 12.4. The van der Waals surface area contributed by atoms with E-state index in [1.807, 2.05) is 7.05 Å². The van der Waals surface area contributed by atoms with Gasteiger partial charge in [-0.1, -0.05) is 18.2 Å². The van der Waals surface area contributed by atoms with Crippen molar-refractivity contribution in [1.29, 1.82) is 0 Å². The van der Waals surface area contributed by atoms with E-state index in [-0.39, 0.29) is 35.7 Å². The van der Waals surface area contributed by atoms with Crippen molar-refractivity contribution in [3.63, 3.8) is 0 Å². The van der Waals surface area contributed by atoms with Crippen molar-refractivity contribution in [2.45, 2.75) is 69.1 Å². The molecule has 2 aromatic rings. The first-order chi connectivity index (χ1) is 17.5. The summed E-state index contributed by atoms with van der Waals surface area (Å²) in [6.45, 7) is 2.31. The van der Waals surface area contributed by atoms with Gasteiger partial charge in [0.25, 0.3) is 24.3 Å². The average Bonchev–Trinajstić information content (AvgIpc) is 3.44. The van der Waals surface area contributed by atoms with E-state index in [1.54, 1.807) is 0 Å². The number of benzene rings is 1. The van der Waals surface area contributed by atoms with Crippen LogP contribution in [0.3, 0.4) is 0 Å². The van der Waals surface area contributed by atoms with Gasteiger partial charge in [0, 0.05) is 36.5 Å². The Balaban J connectivity index is 1.47. The van der Waals surface area contributed by atoms with E-state index < -0.39 is 47.3 Å². The summed E-state index contributed by atoms with van der Waals surface area (Å²) in [5, 5.41) is 5.90. The van der Waals surface area contributed by atoms with Gasteiger partial charge in [-0.25, -0.2) is 22.0 Å². The SMILES string of the molecule is CC(NC(=O)c1cn(C2(C(F)F)CC2)c(=O)cc1N[C@H]1C[C@@H]2C[C@H]1CN2C)c1cccc(C(F)F)c1F. The smallest absolute Gasteiger partial charge is 0.266 e. The maximum atomic E-state index is 14.7. The van der Waals surface area contributed by atoms with Crippen LogP contribution in [0.4, 0.5) is 27.6 Å². The highest BCUT2D eigenvalue weighted by Crippen LogP contribution is 2.48. The predicted octanol–water partition coefficient (Wildman–Crippen LogP) is 4.67. The summed E-state index contributed by atoms with van der Waals surface area (Å²) >= 11 is 0. The van der Waals surface area contributed by atoms with Crippen LogP contribution in [-0.4, -0.2) is 47.5 Å². The van der Waals surface area contributed by atoms with E-state index in [1.165, 1.54) is 25.1 Å². The Morgan fingerprint density at radius 1 is 1.14 bits per heavy atom. The molecule has 1 unspecified atom stereocenters. The maximum absolute atomic E-state index is 14.7. The molecule has 4 atom stereocenters. The summed E-state index contributed by atoms with van der Waals surface area (Å²) in [5.41, 5.74) is -3.00. The molecule has 11 heteroatoms. The van der Waals surface area contributed by atoms with Gasteiger partial charge < -0.3 is 20.1 Å². The molecule has 0 spiro atoms. The molecule has 6 nitrogen and oxygen atoms in total. The van der Waals surface area contributed by atoms with Gasteiger partial charge in [-0.2, -0.15) is 0 Å². The number of alkyl halides is 4. The maximum Gasteiger partial charge on any atom is 0.266 e. The van der Waals surface area contributed by atoms with Crippen LogP contribution in [0.2, 0.25) is 0 Å². The number of carbonyl (C=O) groups excluding carboxylic acids is 1. The van der Waals surface area contributed by atoms with Crippen molar-refractivity contribution in [2.24, 2.45) is 5.92 Å². The Hall–Kier alpha value is -2.95. The Morgan fingerprint density at radius 3 is 2.41 bits per heavy atom. The molecule has 1 saturated heterocycles. The third-order valence-electron chi connectivity index (χ3n) is 8.21. The molecule has 2 aliphatic carbocycles. The van der Waals surface area contributed by atoms with Crippen LogP contribution in [0.1, 0.15) is 66.6 Å². The Labute approximate surface area is 210 Å². The Kier molecular flexibility index (Phi) is 6.54. The number of hydrogen-bond acceptors (Lipinski definition) is 4. The van der Waals surface area contributed by atoms with Gasteiger partial charge in [0.1, 0.15) is 11.4 Å². The first-order valence-electron chi connectivity index (χ1n) is 12.4. The van der Waals surface area contributed by atoms with E-state index in [0.717, 1.165) is 36.2 Å². The lowest BCUT2D eigenvalue weighted by atomic mass is 10.0. The molecule has 2 saturated carbocycles. The summed E-state index contributed by atoms with van der Waals surface area (Å²) in [7, 11) is 2.05. The van der Waals surface area contributed by atoms with Gasteiger partial charge >= 0.3 is 0 Å². The second-order valence-electron chi connectivity index (χ2n) is 10.5. The highest BCUT2D eigenvalue weighted by molar-refractivity contribution is 5.99. The summed E-state index contributed by atoms with van der Waals surface area (Å²) < 4.78 is 69.6. The van der Waals surface area contributed by atoms with Crippen molar-refractivity contribution in [1.82, 2.24) is 14.8 Å². The van der Waals surface area contributed by atoms with Crippen molar-refractivity contribution in [3.8, 4) is 0 Å². The van der Waals surface area contributed by atoms with Gasteiger partial charge in [-0.15, -0.1) is 0 Å². The molecule has 200 valence electrons. The number of carbonyl (C=O) groups is 1. The lowest BCUT2D eigenvalue weighted by Gasteiger charge is -2.30. The van der Waals surface area contributed by atoms with Crippen LogP contribution >= 0.6 is 0 Å². The van der Waals surface area contributed by atoms with Crippen LogP contribution in [0.5, 0.6) is 0 Å². The molecule has 5 rings (SSSR count). The number of likely N-dealkylation sites (tertiary alicyclic amines) is 1. The second kappa shape index (κ2) is 9.41. The molecule has 2 heterocycles. The standard InChI is InChI=1S/C26H29F5N4O2/c1-13(16-4-3-5-17(22(16)27)23(28)29)32-24(37)18-12-35(26(6-7-26)25(30)31)21(36)10-20(18)33-19-9-15-8-14(19)11-34(15)2/h3-5,10,12-15,19,23,25,33H,6-9,11H2,1-2H3,(H,32,37)/t13?,14-,15-,19-/m0/s1. The number of pyridine rings is 1. The van der Waals surface area contributed by atoms with Gasteiger partial charge in [-0.3, -0.25) is 9.59 Å². The summed E-state index contributed by atoms with van der Waals surface area (Å²) in [4.78, 5) is 28.6. The number of nitrogens with one attached hydrogen (secondary N) is 2. The molecular formula is C26H29F5N4O2. The lowest BCUT2D eigenvalue weighted by Crippen LogP contribution is -2.40. The minimum atomic E-state index is -3.02. The fourth-order valence-electron chi connectivity index (χ4n) is 5.85. The highest BCUT2D eigenvalue weighted by Gasteiger charge is 2.54.